The van der Waals surface area contributed by atoms with Gasteiger partial charge in [-0.3, -0.25) is 0 Å². The minimum atomic E-state index is -3.61. The molecule has 7 heteroatoms. The Kier molecular flexibility index (Phi) is 5.03. The molecule has 0 aliphatic heterocycles. The molecule has 2 aromatic rings. The first kappa shape index (κ1) is 17.1. The molecule has 6 nitrogen and oxygen atoms in total. The van der Waals surface area contributed by atoms with Crippen LogP contribution in [0.15, 0.2) is 47.6 Å². The lowest BCUT2D eigenvalue weighted by atomic mass is 9.86. The van der Waals surface area contributed by atoms with E-state index < -0.39 is 16.1 Å². The summed E-state index contributed by atoms with van der Waals surface area (Å²) in [6, 6.07) is 9.38. The molecule has 1 aromatic heterocycles. The van der Waals surface area contributed by atoms with Crippen LogP contribution in [0.1, 0.15) is 25.7 Å². The van der Waals surface area contributed by atoms with Crippen molar-refractivity contribution in [1.29, 1.82) is 0 Å². The third-order valence-electron chi connectivity index (χ3n) is 4.65. The predicted octanol–water partition coefficient (Wildman–Crippen LogP) is 2.04. The third kappa shape index (κ3) is 3.53. The van der Waals surface area contributed by atoms with Crippen LogP contribution in [0.3, 0.4) is 0 Å². The number of aliphatic hydroxyl groups excluding tert-OH is 1. The lowest BCUT2D eigenvalue weighted by Gasteiger charge is -2.30. The van der Waals surface area contributed by atoms with Crippen molar-refractivity contribution in [3.05, 3.63) is 42.7 Å². The van der Waals surface area contributed by atoms with E-state index in [0.717, 1.165) is 31.4 Å². The van der Waals surface area contributed by atoms with Crippen LogP contribution in [0.25, 0.3) is 5.69 Å². The molecular formula is C17H23N3O3S. The maximum absolute atomic E-state index is 12.7. The van der Waals surface area contributed by atoms with Crippen LogP contribution in [0.2, 0.25) is 0 Å². The smallest absolute Gasteiger partial charge is 0.245 e. The second kappa shape index (κ2) is 7.04. The van der Waals surface area contributed by atoms with E-state index >= 15 is 0 Å². The van der Waals surface area contributed by atoms with Gasteiger partial charge in [0.2, 0.25) is 10.0 Å². The Hall–Kier alpha value is -1.70. The van der Waals surface area contributed by atoms with Crippen molar-refractivity contribution in [3.8, 4) is 5.69 Å². The Labute approximate surface area is 142 Å². The Bertz CT molecular complexity index is 773. The van der Waals surface area contributed by atoms with E-state index in [-0.39, 0.29) is 10.8 Å². The van der Waals surface area contributed by atoms with Crippen LogP contribution in [0.4, 0.5) is 0 Å². The quantitative estimate of drug-likeness (QED) is 0.896. The Morgan fingerprint density at radius 3 is 2.67 bits per heavy atom. The third-order valence-corrected chi connectivity index (χ3v) is 6.42. The minimum absolute atomic E-state index is 0.00249. The highest BCUT2D eigenvalue weighted by atomic mass is 32.2. The molecule has 1 N–H and O–H groups in total. The van der Waals surface area contributed by atoms with E-state index in [2.05, 4.69) is 5.10 Å². The van der Waals surface area contributed by atoms with Gasteiger partial charge in [-0.25, -0.2) is 17.4 Å². The summed E-state index contributed by atoms with van der Waals surface area (Å²) in [6.45, 7) is 0.333. The molecule has 0 spiro atoms. The van der Waals surface area contributed by atoms with Crippen molar-refractivity contribution in [2.45, 2.75) is 36.7 Å². The Morgan fingerprint density at radius 2 is 1.96 bits per heavy atom. The molecule has 2 unspecified atom stereocenters. The van der Waals surface area contributed by atoms with Crippen LogP contribution in [0, 0.1) is 5.92 Å². The fourth-order valence-corrected chi connectivity index (χ4v) is 4.33. The van der Waals surface area contributed by atoms with E-state index in [1.165, 1.54) is 16.7 Å². The minimum Gasteiger partial charge on any atom is -0.393 e. The molecule has 2 atom stereocenters. The summed E-state index contributed by atoms with van der Waals surface area (Å²) < 4.78 is 28.4. The van der Waals surface area contributed by atoms with Crippen molar-refractivity contribution in [2.75, 3.05) is 13.6 Å². The zero-order chi connectivity index (χ0) is 17.2. The Morgan fingerprint density at radius 1 is 1.25 bits per heavy atom. The SMILES string of the molecule is CN(CC1CCCCC1O)S(=O)(=O)c1cnn(-c2ccccc2)c1. The predicted molar refractivity (Wildman–Crippen MR) is 91.3 cm³/mol. The van der Waals surface area contributed by atoms with E-state index in [1.54, 1.807) is 11.7 Å². The number of sulfonamides is 1. The highest BCUT2D eigenvalue weighted by Gasteiger charge is 2.29. The second-order valence-electron chi connectivity index (χ2n) is 6.35. The summed E-state index contributed by atoms with van der Waals surface area (Å²) in [6.07, 6.45) is 6.16. The van der Waals surface area contributed by atoms with Gasteiger partial charge in [-0.2, -0.15) is 5.10 Å². The molecule has 0 bridgehead atoms. The molecule has 0 radical (unpaired) electrons. The van der Waals surface area contributed by atoms with Gasteiger partial charge in [-0.15, -0.1) is 0 Å². The normalized spacial score (nSPS) is 22.0. The van der Waals surface area contributed by atoms with Crippen LogP contribution in [-0.2, 0) is 10.0 Å². The van der Waals surface area contributed by atoms with Gasteiger partial charge in [0.25, 0.3) is 0 Å². The highest BCUT2D eigenvalue weighted by molar-refractivity contribution is 7.89. The lowest BCUT2D eigenvalue weighted by Crippen LogP contribution is -2.37. The molecule has 24 heavy (non-hydrogen) atoms. The number of hydrogen-bond acceptors (Lipinski definition) is 4. The Balaban J connectivity index is 1.76. The number of aromatic nitrogens is 2. The molecule has 1 aliphatic rings. The maximum Gasteiger partial charge on any atom is 0.245 e. The zero-order valence-electron chi connectivity index (χ0n) is 13.7. The van der Waals surface area contributed by atoms with Gasteiger partial charge < -0.3 is 5.11 Å². The molecule has 3 rings (SSSR count). The van der Waals surface area contributed by atoms with Gasteiger partial charge in [0.15, 0.2) is 0 Å². The first-order chi connectivity index (χ1) is 11.5. The molecule has 0 saturated heterocycles. The van der Waals surface area contributed by atoms with E-state index in [9.17, 15) is 13.5 Å². The molecule has 130 valence electrons. The first-order valence-corrected chi connectivity index (χ1v) is 9.67. The molecule has 1 fully saturated rings. The van der Waals surface area contributed by atoms with Crippen molar-refractivity contribution in [2.24, 2.45) is 5.92 Å². The van der Waals surface area contributed by atoms with Crippen LogP contribution < -0.4 is 0 Å². The molecule has 1 saturated carbocycles. The fraction of sp³-hybridized carbons (Fsp3) is 0.471. The number of aliphatic hydroxyl groups is 1. The van der Waals surface area contributed by atoms with Crippen molar-refractivity contribution >= 4 is 10.0 Å². The summed E-state index contributed by atoms with van der Waals surface area (Å²) in [4.78, 5) is 0.166. The van der Waals surface area contributed by atoms with E-state index in [0.29, 0.717) is 6.54 Å². The standard InChI is InChI=1S/C17H23N3O3S/c1-19(12-14-7-5-6-10-17(14)21)24(22,23)16-11-18-20(13-16)15-8-3-2-4-9-15/h2-4,8-9,11,13-14,17,21H,5-7,10,12H2,1H3. The average Bonchev–Trinajstić information content (AvgIpc) is 3.08. The number of para-hydroxylation sites is 1. The molecular weight excluding hydrogens is 326 g/mol. The fourth-order valence-electron chi connectivity index (χ4n) is 3.17. The van der Waals surface area contributed by atoms with Gasteiger partial charge in [-0.05, 0) is 30.9 Å². The van der Waals surface area contributed by atoms with Crippen molar-refractivity contribution < 1.29 is 13.5 Å². The van der Waals surface area contributed by atoms with Gasteiger partial charge in [0, 0.05) is 13.6 Å². The zero-order valence-corrected chi connectivity index (χ0v) is 14.6. The number of rotatable bonds is 5. The topological polar surface area (TPSA) is 75.4 Å². The summed E-state index contributed by atoms with van der Waals surface area (Å²) in [5, 5.41) is 14.2. The van der Waals surface area contributed by atoms with Crippen molar-refractivity contribution in [3.63, 3.8) is 0 Å². The molecule has 1 heterocycles. The largest absolute Gasteiger partial charge is 0.393 e. The highest BCUT2D eigenvalue weighted by Crippen LogP contribution is 2.26. The summed E-state index contributed by atoms with van der Waals surface area (Å²) in [7, 11) is -2.04. The van der Waals surface area contributed by atoms with Crippen molar-refractivity contribution in [1.82, 2.24) is 14.1 Å². The molecule has 1 aromatic carbocycles. The van der Waals surface area contributed by atoms with Crippen LogP contribution >= 0.6 is 0 Å². The summed E-state index contributed by atoms with van der Waals surface area (Å²) in [5.74, 6) is 0.00249. The number of hydrogen-bond donors (Lipinski definition) is 1. The first-order valence-electron chi connectivity index (χ1n) is 8.23. The second-order valence-corrected chi connectivity index (χ2v) is 8.40. The maximum atomic E-state index is 12.7. The van der Waals surface area contributed by atoms with Gasteiger partial charge >= 0.3 is 0 Å². The number of nitrogens with zero attached hydrogens (tertiary/aromatic N) is 3. The summed E-state index contributed by atoms with van der Waals surface area (Å²) in [5.41, 5.74) is 0.810. The van der Waals surface area contributed by atoms with Gasteiger partial charge in [-0.1, -0.05) is 31.0 Å². The van der Waals surface area contributed by atoms with Gasteiger partial charge in [0.1, 0.15) is 4.90 Å². The van der Waals surface area contributed by atoms with Gasteiger partial charge in [0.05, 0.1) is 24.2 Å². The number of benzene rings is 1. The van der Waals surface area contributed by atoms with Crippen LogP contribution in [-0.4, -0.2) is 47.3 Å². The molecule has 0 amide bonds. The molecule has 1 aliphatic carbocycles. The monoisotopic (exact) mass is 349 g/mol. The average molecular weight is 349 g/mol. The van der Waals surface area contributed by atoms with Crippen LogP contribution in [0.5, 0.6) is 0 Å². The summed E-state index contributed by atoms with van der Waals surface area (Å²) >= 11 is 0. The lowest BCUT2D eigenvalue weighted by molar-refractivity contribution is 0.0620. The van der Waals surface area contributed by atoms with E-state index in [4.69, 9.17) is 0 Å². The van der Waals surface area contributed by atoms with E-state index in [1.807, 2.05) is 30.3 Å².